The lowest BCUT2D eigenvalue weighted by molar-refractivity contribution is -0.267. The van der Waals surface area contributed by atoms with Crippen molar-refractivity contribution in [3.05, 3.63) is 45.9 Å². The van der Waals surface area contributed by atoms with E-state index >= 15 is 0 Å². The lowest BCUT2D eigenvalue weighted by Gasteiger charge is -2.27. The number of ether oxygens (including phenoxy) is 1. The number of alkyl halides is 3. The predicted molar refractivity (Wildman–Crippen MR) is 94.6 cm³/mol. The van der Waals surface area contributed by atoms with Gasteiger partial charge in [0.25, 0.3) is 5.91 Å². The Hall–Kier alpha value is -2.66. The van der Waals surface area contributed by atoms with Crippen molar-refractivity contribution < 1.29 is 32.6 Å². The van der Waals surface area contributed by atoms with Gasteiger partial charge in [0, 0.05) is 16.6 Å². The number of aromatic nitrogens is 1. The van der Waals surface area contributed by atoms with E-state index in [0.717, 1.165) is 0 Å². The SMILES string of the molecule is CCOc1ccc(C(=O)NNC(=O)C[C@@](O)(c2nc(C)cs2)C(F)(F)F)cc1. The number of nitrogens with zero attached hydrogens (tertiary/aromatic N) is 1. The first-order valence-corrected chi connectivity index (χ1v) is 8.98. The van der Waals surface area contributed by atoms with Crippen LogP contribution in [0.3, 0.4) is 0 Å². The zero-order valence-corrected chi connectivity index (χ0v) is 15.8. The number of hydrogen-bond donors (Lipinski definition) is 3. The van der Waals surface area contributed by atoms with Gasteiger partial charge in [-0.2, -0.15) is 13.2 Å². The molecule has 0 bridgehead atoms. The fourth-order valence-electron chi connectivity index (χ4n) is 2.19. The lowest BCUT2D eigenvalue weighted by atomic mass is 9.99. The number of carbonyl (C=O) groups excluding carboxylic acids is 2. The van der Waals surface area contributed by atoms with E-state index in [0.29, 0.717) is 23.7 Å². The summed E-state index contributed by atoms with van der Waals surface area (Å²) in [6.07, 6.45) is -6.49. The van der Waals surface area contributed by atoms with Crippen LogP contribution in [0.25, 0.3) is 0 Å². The molecule has 1 atom stereocenters. The van der Waals surface area contributed by atoms with E-state index in [2.05, 4.69) is 4.98 Å². The summed E-state index contributed by atoms with van der Waals surface area (Å²) in [5.74, 6) is -1.43. The number of halogens is 3. The molecule has 3 N–H and O–H groups in total. The first-order valence-electron chi connectivity index (χ1n) is 8.10. The minimum Gasteiger partial charge on any atom is -0.494 e. The van der Waals surface area contributed by atoms with Crippen molar-refractivity contribution in [3.63, 3.8) is 0 Å². The quantitative estimate of drug-likeness (QED) is 0.627. The molecule has 2 amide bonds. The Labute approximate surface area is 162 Å². The van der Waals surface area contributed by atoms with E-state index in [9.17, 15) is 27.9 Å². The molecule has 0 aliphatic carbocycles. The van der Waals surface area contributed by atoms with Crippen LogP contribution in [0.5, 0.6) is 5.75 Å². The molecule has 0 saturated heterocycles. The molecule has 0 aliphatic heterocycles. The van der Waals surface area contributed by atoms with Gasteiger partial charge in [0.05, 0.1) is 13.0 Å². The van der Waals surface area contributed by atoms with Gasteiger partial charge in [0.15, 0.2) is 0 Å². The van der Waals surface area contributed by atoms with Crippen LogP contribution in [0.2, 0.25) is 0 Å². The van der Waals surface area contributed by atoms with Crippen molar-refractivity contribution in [1.82, 2.24) is 15.8 Å². The van der Waals surface area contributed by atoms with Crippen LogP contribution in [0, 0.1) is 6.92 Å². The third-order valence-corrected chi connectivity index (χ3v) is 4.71. The molecule has 11 heteroatoms. The second kappa shape index (κ2) is 8.57. The molecule has 0 unspecified atom stereocenters. The standard InChI is InChI=1S/C17H18F3N3O4S/c1-3-27-12-6-4-11(5-7-12)14(25)23-22-13(24)8-16(26,17(18,19)20)15-21-10(2)9-28-15/h4-7,9,26H,3,8H2,1-2H3,(H,22,24)(H,23,25)/t16-/m1/s1. The Morgan fingerprint density at radius 2 is 1.86 bits per heavy atom. The van der Waals surface area contributed by atoms with Gasteiger partial charge in [-0.15, -0.1) is 11.3 Å². The van der Waals surface area contributed by atoms with Gasteiger partial charge in [-0.25, -0.2) is 4.98 Å². The number of hydrazine groups is 1. The van der Waals surface area contributed by atoms with E-state index < -0.39 is 35.0 Å². The molecule has 0 aliphatic rings. The molecule has 0 spiro atoms. The van der Waals surface area contributed by atoms with E-state index in [1.807, 2.05) is 10.9 Å². The summed E-state index contributed by atoms with van der Waals surface area (Å²) in [5, 5.41) is 10.8. The average molecular weight is 417 g/mol. The Morgan fingerprint density at radius 3 is 2.36 bits per heavy atom. The zero-order chi connectivity index (χ0) is 20.9. The molecule has 0 radical (unpaired) electrons. The van der Waals surface area contributed by atoms with Crippen molar-refractivity contribution >= 4 is 23.2 Å². The molecule has 152 valence electrons. The predicted octanol–water partition coefficient (Wildman–Crippen LogP) is 2.45. The third-order valence-electron chi connectivity index (χ3n) is 3.60. The number of rotatable bonds is 6. The van der Waals surface area contributed by atoms with Crippen LogP contribution in [0.15, 0.2) is 29.6 Å². The maximum absolute atomic E-state index is 13.4. The van der Waals surface area contributed by atoms with Gasteiger partial charge >= 0.3 is 6.18 Å². The molecule has 1 aromatic heterocycles. The average Bonchev–Trinajstić information content (AvgIpc) is 3.06. The van der Waals surface area contributed by atoms with E-state index in [-0.39, 0.29) is 11.3 Å². The molecule has 2 aromatic rings. The maximum Gasteiger partial charge on any atom is 0.424 e. The van der Waals surface area contributed by atoms with Crippen molar-refractivity contribution in [2.75, 3.05) is 6.61 Å². The molecule has 7 nitrogen and oxygen atoms in total. The molecule has 0 saturated carbocycles. The highest BCUT2D eigenvalue weighted by Gasteiger charge is 2.58. The molecule has 2 rings (SSSR count). The lowest BCUT2D eigenvalue weighted by Crippen LogP contribution is -2.49. The monoisotopic (exact) mass is 417 g/mol. The van der Waals surface area contributed by atoms with Crippen LogP contribution in [0.4, 0.5) is 13.2 Å². The van der Waals surface area contributed by atoms with Gasteiger partial charge in [-0.05, 0) is 38.1 Å². The molecule has 1 heterocycles. The van der Waals surface area contributed by atoms with E-state index in [1.165, 1.54) is 36.6 Å². The highest BCUT2D eigenvalue weighted by molar-refractivity contribution is 7.09. The number of nitrogens with one attached hydrogen (secondary N) is 2. The normalized spacial score (nSPS) is 13.5. The number of amides is 2. The summed E-state index contributed by atoms with van der Waals surface area (Å²) in [7, 11) is 0. The first-order chi connectivity index (χ1) is 13.1. The Morgan fingerprint density at radius 1 is 1.21 bits per heavy atom. The maximum atomic E-state index is 13.4. The van der Waals surface area contributed by atoms with Crippen LogP contribution in [-0.2, 0) is 10.4 Å². The summed E-state index contributed by atoms with van der Waals surface area (Å²) in [6, 6.07) is 5.93. The number of benzene rings is 1. The number of thiazole rings is 1. The van der Waals surface area contributed by atoms with E-state index in [1.54, 1.807) is 6.92 Å². The largest absolute Gasteiger partial charge is 0.494 e. The fraction of sp³-hybridized carbons (Fsp3) is 0.353. The van der Waals surface area contributed by atoms with Crippen molar-refractivity contribution in [1.29, 1.82) is 0 Å². The van der Waals surface area contributed by atoms with Crippen LogP contribution >= 0.6 is 11.3 Å². The van der Waals surface area contributed by atoms with Crippen LogP contribution in [-0.4, -0.2) is 34.7 Å². The van der Waals surface area contributed by atoms with E-state index in [4.69, 9.17) is 4.74 Å². The summed E-state index contributed by atoms with van der Waals surface area (Å²) >= 11 is 0.592. The smallest absolute Gasteiger partial charge is 0.424 e. The molecule has 0 fully saturated rings. The summed E-state index contributed by atoms with van der Waals surface area (Å²) in [5.41, 5.74) is 0.862. The Balaban J connectivity index is 2.02. The second-order valence-corrected chi connectivity index (χ2v) is 6.65. The van der Waals surface area contributed by atoms with Gasteiger partial charge in [-0.1, -0.05) is 0 Å². The van der Waals surface area contributed by atoms with Gasteiger partial charge in [0.2, 0.25) is 11.5 Å². The molecular formula is C17H18F3N3O4S. The van der Waals surface area contributed by atoms with Gasteiger partial charge in [-0.3, -0.25) is 20.4 Å². The van der Waals surface area contributed by atoms with Crippen molar-refractivity contribution in [2.45, 2.75) is 32.0 Å². The van der Waals surface area contributed by atoms with Crippen LogP contribution in [0.1, 0.15) is 34.4 Å². The Bertz CT molecular complexity index is 839. The third kappa shape index (κ3) is 4.98. The summed E-state index contributed by atoms with van der Waals surface area (Å²) in [6.45, 7) is 3.71. The number of hydrogen-bond acceptors (Lipinski definition) is 6. The first kappa shape index (κ1) is 21.6. The summed E-state index contributed by atoms with van der Waals surface area (Å²) in [4.78, 5) is 27.6. The highest BCUT2D eigenvalue weighted by Crippen LogP contribution is 2.42. The minimum absolute atomic E-state index is 0.158. The second-order valence-electron chi connectivity index (χ2n) is 5.79. The molecule has 1 aromatic carbocycles. The number of aliphatic hydroxyl groups is 1. The topological polar surface area (TPSA) is 101 Å². The zero-order valence-electron chi connectivity index (χ0n) is 15.0. The minimum atomic E-state index is -5.13. The number of carbonyl (C=O) groups is 2. The number of aryl methyl sites for hydroxylation is 1. The Kier molecular flexibility index (Phi) is 6.62. The molecular weight excluding hydrogens is 399 g/mol. The van der Waals surface area contributed by atoms with Crippen molar-refractivity contribution in [3.8, 4) is 5.75 Å². The summed E-state index contributed by atoms with van der Waals surface area (Å²) < 4.78 is 45.3. The van der Waals surface area contributed by atoms with Gasteiger partial charge in [0.1, 0.15) is 10.8 Å². The van der Waals surface area contributed by atoms with Crippen LogP contribution < -0.4 is 15.6 Å². The van der Waals surface area contributed by atoms with Gasteiger partial charge < -0.3 is 9.84 Å². The highest BCUT2D eigenvalue weighted by atomic mass is 32.1. The van der Waals surface area contributed by atoms with Crippen molar-refractivity contribution in [2.24, 2.45) is 0 Å². The fourth-order valence-corrected chi connectivity index (χ4v) is 3.10. The molecule has 28 heavy (non-hydrogen) atoms.